The van der Waals surface area contributed by atoms with Crippen molar-refractivity contribution in [2.24, 2.45) is 0 Å². The largest absolute Gasteiger partial charge is 0.345 e. The van der Waals surface area contributed by atoms with Crippen LogP contribution in [0.5, 0.6) is 0 Å². The van der Waals surface area contributed by atoms with E-state index in [0.717, 1.165) is 9.99 Å². The molecule has 0 unspecified atom stereocenters. The number of H-pyrrole nitrogens is 1. The van der Waals surface area contributed by atoms with Crippen molar-refractivity contribution in [2.45, 2.75) is 0 Å². The van der Waals surface area contributed by atoms with E-state index < -0.39 is 0 Å². The Kier molecular flexibility index (Phi) is 4.90. The zero-order valence-electron chi connectivity index (χ0n) is 14.6. The number of aromatic nitrogens is 2. The minimum Gasteiger partial charge on any atom is -0.345 e. The molecular formula is C21H15BrN4O2. The smallest absolute Gasteiger partial charge is 0.258 e. The fourth-order valence-electron chi connectivity index (χ4n) is 2.86. The van der Waals surface area contributed by atoms with Gasteiger partial charge in [0.1, 0.15) is 5.52 Å². The molecule has 4 rings (SSSR count). The molecule has 0 atom stereocenters. The molecule has 3 N–H and O–H groups in total. The first kappa shape index (κ1) is 17.9. The number of benzene rings is 3. The molecule has 0 aliphatic carbocycles. The van der Waals surface area contributed by atoms with Crippen molar-refractivity contribution in [1.29, 1.82) is 0 Å². The van der Waals surface area contributed by atoms with Crippen molar-refractivity contribution < 1.29 is 9.59 Å². The molecule has 0 aliphatic heterocycles. The third-order valence-electron chi connectivity index (χ3n) is 4.19. The Labute approximate surface area is 169 Å². The number of rotatable bonds is 4. The van der Waals surface area contributed by atoms with E-state index in [9.17, 15) is 9.59 Å². The molecule has 3 aromatic carbocycles. The minimum atomic E-state index is -0.320. The summed E-state index contributed by atoms with van der Waals surface area (Å²) in [5.41, 5.74) is 3.30. The van der Waals surface area contributed by atoms with Crippen molar-refractivity contribution in [3.8, 4) is 0 Å². The van der Waals surface area contributed by atoms with Crippen molar-refractivity contribution in [2.75, 3.05) is 10.6 Å². The van der Waals surface area contributed by atoms with Gasteiger partial charge in [-0.05, 0) is 36.4 Å². The summed E-state index contributed by atoms with van der Waals surface area (Å²) in [7, 11) is 0. The number of hydrogen-bond donors (Lipinski definition) is 3. The number of amides is 2. The predicted octanol–water partition coefficient (Wildman–Crippen LogP) is 4.83. The maximum atomic E-state index is 12.9. The number of para-hydroxylation sites is 2. The maximum Gasteiger partial charge on any atom is 0.258 e. The number of carbonyl (C=O) groups excluding carboxylic acids is 2. The van der Waals surface area contributed by atoms with Crippen LogP contribution >= 0.6 is 15.9 Å². The zero-order chi connectivity index (χ0) is 19.5. The molecule has 1 heterocycles. The average Bonchev–Trinajstić information content (AvgIpc) is 3.17. The number of hydrogen-bond acceptors (Lipinski definition) is 3. The van der Waals surface area contributed by atoms with Crippen LogP contribution in [-0.2, 0) is 0 Å². The van der Waals surface area contributed by atoms with Crippen LogP contribution in [0.25, 0.3) is 11.0 Å². The van der Waals surface area contributed by atoms with Crippen molar-refractivity contribution in [1.82, 2.24) is 9.97 Å². The van der Waals surface area contributed by atoms with E-state index in [1.165, 1.54) is 0 Å². The van der Waals surface area contributed by atoms with Crippen LogP contribution in [0, 0.1) is 0 Å². The molecule has 0 spiro atoms. The lowest BCUT2D eigenvalue weighted by atomic mass is 10.1. The first-order valence-electron chi connectivity index (χ1n) is 8.51. The molecule has 0 fully saturated rings. The van der Waals surface area contributed by atoms with Gasteiger partial charge in [-0.1, -0.05) is 46.3 Å². The lowest BCUT2D eigenvalue weighted by Gasteiger charge is -2.13. The highest BCUT2D eigenvalue weighted by atomic mass is 79.9. The summed E-state index contributed by atoms with van der Waals surface area (Å²) in [4.78, 5) is 32.6. The van der Waals surface area contributed by atoms with Crippen LogP contribution in [-0.4, -0.2) is 21.8 Å². The first-order chi connectivity index (χ1) is 13.6. The average molecular weight is 435 g/mol. The van der Waals surface area contributed by atoms with Gasteiger partial charge in [0, 0.05) is 10.0 Å². The standard InChI is InChI=1S/C21H15BrN4O2/c22-14-10-15(19-18(11-14)23-12-24-19)21(28)26-17-9-5-4-8-16(17)25-20(27)13-6-2-1-3-7-13/h1-12H,(H,23,24)(H,25,27)(H,26,28). The lowest BCUT2D eigenvalue weighted by molar-refractivity contribution is 0.101. The number of carbonyl (C=O) groups is 2. The van der Waals surface area contributed by atoms with Gasteiger partial charge in [-0.3, -0.25) is 9.59 Å². The maximum absolute atomic E-state index is 12.9. The Morgan fingerprint density at radius 1 is 0.857 bits per heavy atom. The van der Waals surface area contributed by atoms with Crippen molar-refractivity contribution >= 4 is 50.2 Å². The van der Waals surface area contributed by atoms with Crippen LogP contribution in [0.2, 0.25) is 0 Å². The highest BCUT2D eigenvalue weighted by Crippen LogP contribution is 2.26. The van der Waals surface area contributed by atoms with Gasteiger partial charge < -0.3 is 15.6 Å². The van der Waals surface area contributed by atoms with E-state index in [1.807, 2.05) is 12.1 Å². The third-order valence-corrected chi connectivity index (χ3v) is 4.65. The second-order valence-corrected chi connectivity index (χ2v) is 6.99. The van der Waals surface area contributed by atoms with E-state index in [1.54, 1.807) is 60.9 Å². The Bertz CT molecular complexity index is 1170. The summed E-state index contributed by atoms with van der Waals surface area (Å²) in [6.07, 6.45) is 1.54. The molecule has 0 bridgehead atoms. The molecule has 1 aromatic heterocycles. The minimum absolute atomic E-state index is 0.251. The zero-order valence-corrected chi connectivity index (χ0v) is 16.2. The summed E-state index contributed by atoms with van der Waals surface area (Å²) in [6, 6.07) is 19.5. The van der Waals surface area contributed by atoms with E-state index in [2.05, 4.69) is 36.5 Å². The topological polar surface area (TPSA) is 86.9 Å². The van der Waals surface area contributed by atoms with Gasteiger partial charge in [-0.2, -0.15) is 0 Å². The summed E-state index contributed by atoms with van der Waals surface area (Å²) >= 11 is 3.41. The number of halogens is 1. The molecular weight excluding hydrogens is 420 g/mol. The highest BCUT2D eigenvalue weighted by molar-refractivity contribution is 9.10. The normalized spacial score (nSPS) is 10.6. The number of fused-ring (bicyclic) bond motifs is 1. The van der Waals surface area contributed by atoms with Gasteiger partial charge in [-0.25, -0.2) is 4.98 Å². The number of anilines is 2. The van der Waals surface area contributed by atoms with Crippen LogP contribution in [0.3, 0.4) is 0 Å². The molecule has 4 aromatic rings. The number of nitrogens with zero attached hydrogens (tertiary/aromatic N) is 1. The molecule has 0 saturated heterocycles. The van der Waals surface area contributed by atoms with Crippen LogP contribution in [0.4, 0.5) is 11.4 Å². The van der Waals surface area contributed by atoms with Gasteiger partial charge in [0.15, 0.2) is 0 Å². The fourth-order valence-corrected chi connectivity index (χ4v) is 3.32. The Balaban J connectivity index is 1.61. The highest BCUT2D eigenvalue weighted by Gasteiger charge is 2.16. The number of imidazole rings is 1. The SMILES string of the molecule is O=C(Nc1ccccc1NC(=O)c1cc(Br)cc2[nH]cnc12)c1ccccc1. The molecule has 7 heteroatoms. The molecule has 6 nitrogen and oxygen atoms in total. The van der Waals surface area contributed by atoms with Gasteiger partial charge in [0.25, 0.3) is 11.8 Å². The van der Waals surface area contributed by atoms with Crippen LogP contribution < -0.4 is 10.6 Å². The van der Waals surface area contributed by atoms with E-state index in [-0.39, 0.29) is 11.8 Å². The number of nitrogens with one attached hydrogen (secondary N) is 3. The van der Waals surface area contributed by atoms with Gasteiger partial charge in [-0.15, -0.1) is 0 Å². The lowest BCUT2D eigenvalue weighted by Crippen LogP contribution is -2.17. The summed E-state index contributed by atoms with van der Waals surface area (Å²) in [6.45, 7) is 0. The predicted molar refractivity (Wildman–Crippen MR) is 113 cm³/mol. The number of aromatic amines is 1. The monoisotopic (exact) mass is 434 g/mol. The van der Waals surface area contributed by atoms with Gasteiger partial charge in [0.2, 0.25) is 0 Å². The molecule has 0 radical (unpaired) electrons. The van der Waals surface area contributed by atoms with Gasteiger partial charge >= 0.3 is 0 Å². The van der Waals surface area contributed by atoms with Crippen molar-refractivity contribution in [3.05, 3.63) is 88.7 Å². The molecule has 138 valence electrons. The third kappa shape index (κ3) is 3.65. The second-order valence-electron chi connectivity index (χ2n) is 6.07. The molecule has 0 aliphatic rings. The Hall–Kier alpha value is -3.45. The fraction of sp³-hybridized carbons (Fsp3) is 0. The van der Waals surface area contributed by atoms with E-state index in [0.29, 0.717) is 28.0 Å². The summed E-state index contributed by atoms with van der Waals surface area (Å²) in [5, 5.41) is 5.71. The summed E-state index contributed by atoms with van der Waals surface area (Å²) in [5.74, 6) is -0.570. The molecule has 2 amide bonds. The van der Waals surface area contributed by atoms with E-state index >= 15 is 0 Å². The molecule has 28 heavy (non-hydrogen) atoms. The van der Waals surface area contributed by atoms with E-state index in [4.69, 9.17) is 0 Å². The van der Waals surface area contributed by atoms with Crippen molar-refractivity contribution in [3.63, 3.8) is 0 Å². The van der Waals surface area contributed by atoms with Crippen LogP contribution in [0.1, 0.15) is 20.7 Å². The second kappa shape index (κ2) is 7.66. The quantitative estimate of drug-likeness (QED) is 0.429. The van der Waals surface area contributed by atoms with Gasteiger partial charge in [0.05, 0.1) is 28.8 Å². The first-order valence-corrected chi connectivity index (χ1v) is 9.30. The summed E-state index contributed by atoms with van der Waals surface area (Å²) < 4.78 is 0.764. The molecule has 0 saturated carbocycles. The van der Waals surface area contributed by atoms with Crippen LogP contribution in [0.15, 0.2) is 77.5 Å². The Morgan fingerprint density at radius 2 is 1.50 bits per heavy atom. The Morgan fingerprint density at radius 3 is 2.21 bits per heavy atom.